The van der Waals surface area contributed by atoms with E-state index in [0.29, 0.717) is 25.7 Å². The highest BCUT2D eigenvalue weighted by Gasteiger charge is 2.06. The molecule has 0 spiro atoms. The molecule has 0 aliphatic rings. The first kappa shape index (κ1) is 17.3. The van der Waals surface area contributed by atoms with Crippen molar-refractivity contribution in [1.82, 2.24) is 0 Å². The van der Waals surface area contributed by atoms with Gasteiger partial charge >= 0.3 is 0 Å². The Labute approximate surface area is 127 Å². The lowest BCUT2D eigenvalue weighted by molar-refractivity contribution is 0.000102. The van der Waals surface area contributed by atoms with Gasteiger partial charge < -0.3 is 14.4 Å². The van der Waals surface area contributed by atoms with Gasteiger partial charge in [0.25, 0.3) is 0 Å². The van der Waals surface area contributed by atoms with Crippen molar-refractivity contribution in [2.24, 2.45) is 0 Å². The smallest absolute Gasteiger partial charge is 0.0781 e. The predicted molar refractivity (Wildman–Crippen MR) is 86.0 cm³/mol. The molecule has 0 saturated carbocycles. The van der Waals surface area contributed by atoms with E-state index in [0.717, 1.165) is 13.1 Å². The van der Waals surface area contributed by atoms with Crippen LogP contribution in [0.15, 0.2) is 24.3 Å². The van der Waals surface area contributed by atoms with Crippen LogP contribution in [0.1, 0.15) is 19.4 Å². The maximum absolute atomic E-state index is 5.76. The lowest BCUT2D eigenvalue weighted by Crippen LogP contribution is -2.29. The van der Waals surface area contributed by atoms with Gasteiger partial charge in [0.05, 0.1) is 25.9 Å². The summed E-state index contributed by atoms with van der Waals surface area (Å²) < 4.78 is 11.1. The van der Waals surface area contributed by atoms with Crippen LogP contribution in [0.4, 0.5) is 5.69 Å². The standard InChI is InChI=1S/C16H26ClNO2/c1-4-18(16-7-5-6-14(2)12-16)9-11-20-15(3)13-19-10-8-17/h5-7,12,15H,4,8-11,13H2,1-3H3. The monoisotopic (exact) mass is 299 g/mol. The molecule has 1 rings (SSSR count). The van der Waals surface area contributed by atoms with Crippen molar-refractivity contribution in [3.05, 3.63) is 29.8 Å². The van der Waals surface area contributed by atoms with Crippen LogP contribution in [0.25, 0.3) is 0 Å². The largest absolute Gasteiger partial charge is 0.378 e. The number of halogens is 1. The fourth-order valence-electron chi connectivity index (χ4n) is 2.01. The molecule has 4 heteroatoms. The maximum Gasteiger partial charge on any atom is 0.0781 e. The number of alkyl halides is 1. The molecule has 1 unspecified atom stereocenters. The molecule has 1 aromatic carbocycles. The number of benzene rings is 1. The zero-order valence-electron chi connectivity index (χ0n) is 12.8. The number of nitrogens with zero attached hydrogens (tertiary/aromatic N) is 1. The molecule has 0 amide bonds. The summed E-state index contributed by atoms with van der Waals surface area (Å²) in [5, 5.41) is 0. The summed E-state index contributed by atoms with van der Waals surface area (Å²) in [6.45, 7) is 10.1. The van der Waals surface area contributed by atoms with Crippen molar-refractivity contribution in [2.45, 2.75) is 26.9 Å². The zero-order chi connectivity index (χ0) is 14.8. The first-order valence-electron chi connectivity index (χ1n) is 7.24. The zero-order valence-corrected chi connectivity index (χ0v) is 13.5. The van der Waals surface area contributed by atoms with Crippen LogP contribution in [0.3, 0.4) is 0 Å². The summed E-state index contributed by atoms with van der Waals surface area (Å²) in [7, 11) is 0. The number of aryl methyl sites for hydroxylation is 1. The molecule has 0 heterocycles. The molecule has 20 heavy (non-hydrogen) atoms. The van der Waals surface area contributed by atoms with E-state index in [1.807, 2.05) is 6.92 Å². The first-order valence-corrected chi connectivity index (χ1v) is 7.77. The summed E-state index contributed by atoms with van der Waals surface area (Å²) in [5.74, 6) is 0.531. The summed E-state index contributed by atoms with van der Waals surface area (Å²) in [5.41, 5.74) is 2.53. The summed E-state index contributed by atoms with van der Waals surface area (Å²) >= 11 is 5.56. The molecule has 0 aromatic heterocycles. The third kappa shape index (κ3) is 6.60. The van der Waals surface area contributed by atoms with Crippen molar-refractivity contribution >= 4 is 17.3 Å². The first-order chi connectivity index (χ1) is 9.67. The van der Waals surface area contributed by atoms with Crippen molar-refractivity contribution < 1.29 is 9.47 Å². The van der Waals surface area contributed by atoms with Gasteiger partial charge in [-0.05, 0) is 38.5 Å². The predicted octanol–water partition coefficient (Wildman–Crippen LogP) is 3.48. The maximum atomic E-state index is 5.76. The normalized spacial score (nSPS) is 12.4. The van der Waals surface area contributed by atoms with Gasteiger partial charge in [-0.15, -0.1) is 11.6 Å². The van der Waals surface area contributed by atoms with E-state index in [1.54, 1.807) is 0 Å². The van der Waals surface area contributed by atoms with Gasteiger partial charge in [0.2, 0.25) is 0 Å². The molecule has 3 nitrogen and oxygen atoms in total. The average Bonchev–Trinajstić information content (AvgIpc) is 2.44. The van der Waals surface area contributed by atoms with Crippen LogP contribution in [0.2, 0.25) is 0 Å². The lowest BCUT2D eigenvalue weighted by Gasteiger charge is -2.24. The molecule has 0 aliphatic carbocycles. The summed E-state index contributed by atoms with van der Waals surface area (Å²) in [6.07, 6.45) is 0.106. The van der Waals surface area contributed by atoms with Crippen molar-refractivity contribution in [1.29, 1.82) is 0 Å². The molecular formula is C16H26ClNO2. The Kier molecular flexibility index (Phi) is 8.67. The minimum atomic E-state index is 0.106. The third-order valence-electron chi connectivity index (χ3n) is 3.09. The summed E-state index contributed by atoms with van der Waals surface area (Å²) in [6, 6.07) is 8.56. The van der Waals surface area contributed by atoms with E-state index in [2.05, 4.69) is 43.0 Å². The van der Waals surface area contributed by atoms with Gasteiger partial charge in [-0.2, -0.15) is 0 Å². The minimum absolute atomic E-state index is 0.106. The SMILES string of the molecule is CCN(CCOC(C)COCCCl)c1cccc(C)c1. The fourth-order valence-corrected chi connectivity index (χ4v) is 2.12. The molecule has 0 bridgehead atoms. The second-order valence-corrected chi connectivity index (χ2v) is 5.24. The minimum Gasteiger partial charge on any atom is -0.378 e. The van der Waals surface area contributed by atoms with Crippen molar-refractivity contribution in [2.75, 3.05) is 43.7 Å². The topological polar surface area (TPSA) is 21.7 Å². The van der Waals surface area contributed by atoms with Gasteiger partial charge in [0.1, 0.15) is 0 Å². The highest BCUT2D eigenvalue weighted by atomic mass is 35.5. The van der Waals surface area contributed by atoms with Crippen molar-refractivity contribution in [3.63, 3.8) is 0 Å². The van der Waals surface area contributed by atoms with E-state index >= 15 is 0 Å². The van der Waals surface area contributed by atoms with E-state index in [4.69, 9.17) is 21.1 Å². The molecule has 1 atom stereocenters. The number of hydrogen-bond acceptors (Lipinski definition) is 3. The Hall–Kier alpha value is -0.770. The summed E-state index contributed by atoms with van der Waals surface area (Å²) in [4.78, 5) is 2.32. The average molecular weight is 300 g/mol. The molecule has 0 aliphatic heterocycles. The lowest BCUT2D eigenvalue weighted by atomic mass is 10.2. The fraction of sp³-hybridized carbons (Fsp3) is 0.625. The quantitative estimate of drug-likeness (QED) is 0.488. The highest BCUT2D eigenvalue weighted by molar-refractivity contribution is 6.17. The molecule has 1 aromatic rings. The second kappa shape index (κ2) is 10.0. The van der Waals surface area contributed by atoms with E-state index in [1.165, 1.54) is 11.3 Å². The van der Waals surface area contributed by atoms with Gasteiger partial charge in [0.15, 0.2) is 0 Å². The van der Waals surface area contributed by atoms with E-state index in [9.17, 15) is 0 Å². The molecule has 0 N–H and O–H groups in total. The number of ether oxygens (including phenoxy) is 2. The van der Waals surface area contributed by atoms with Gasteiger partial charge in [0, 0.05) is 24.7 Å². The number of hydrogen-bond donors (Lipinski definition) is 0. The van der Waals surface area contributed by atoms with Crippen LogP contribution >= 0.6 is 11.6 Å². The van der Waals surface area contributed by atoms with Gasteiger partial charge in [-0.1, -0.05) is 12.1 Å². The number of anilines is 1. The Balaban J connectivity index is 2.31. The van der Waals surface area contributed by atoms with Crippen molar-refractivity contribution in [3.8, 4) is 0 Å². The van der Waals surface area contributed by atoms with Crippen LogP contribution in [0, 0.1) is 6.92 Å². The highest BCUT2D eigenvalue weighted by Crippen LogP contribution is 2.15. The molecule has 0 saturated heterocycles. The van der Waals surface area contributed by atoms with Crippen LogP contribution in [0.5, 0.6) is 0 Å². The van der Waals surface area contributed by atoms with Gasteiger partial charge in [-0.25, -0.2) is 0 Å². The van der Waals surface area contributed by atoms with Crippen LogP contribution in [-0.2, 0) is 9.47 Å². The number of likely N-dealkylation sites (N-methyl/N-ethyl adjacent to an activating group) is 1. The molecule has 0 fully saturated rings. The molecular weight excluding hydrogens is 274 g/mol. The Morgan fingerprint density at radius 1 is 1.30 bits per heavy atom. The number of rotatable bonds is 10. The third-order valence-corrected chi connectivity index (χ3v) is 3.24. The van der Waals surface area contributed by atoms with Gasteiger partial charge in [-0.3, -0.25) is 0 Å². The Morgan fingerprint density at radius 2 is 2.10 bits per heavy atom. The Bertz CT molecular complexity index is 373. The van der Waals surface area contributed by atoms with Crippen LogP contribution in [-0.4, -0.2) is 44.9 Å². The second-order valence-electron chi connectivity index (χ2n) is 4.86. The van der Waals surface area contributed by atoms with Crippen LogP contribution < -0.4 is 4.90 Å². The Morgan fingerprint density at radius 3 is 2.75 bits per heavy atom. The van der Waals surface area contributed by atoms with E-state index < -0.39 is 0 Å². The molecule has 114 valence electrons. The van der Waals surface area contributed by atoms with E-state index in [-0.39, 0.29) is 6.10 Å². The molecule has 0 radical (unpaired) electrons.